The summed E-state index contributed by atoms with van der Waals surface area (Å²) in [7, 11) is 0. The zero-order valence-electron chi connectivity index (χ0n) is 12.5. The van der Waals surface area contributed by atoms with Gasteiger partial charge in [-0.25, -0.2) is 8.78 Å². The number of benzene rings is 1. The summed E-state index contributed by atoms with van der Waals surface area (Å²) < 4.78 is 27.5. The third kappa shape index (κ3) is 3.38. The first-order valence-corrected chi connectivity index (χ1v) is 6.97. The van der Waals surface area contributed by atoms with Gasteiger partial charge in [-0.15, -0.1) is 0 Å². The van der Waals surface area contributed by atoms with Crippen molar-refractivity contribution in [2.45, 2.75) is 25.5 Å². The Kier molecular flexibility index (Phi) is 5.19. The van der Waals surface area contributed by atoms with Crippen molar-refractivity contribution in [3.8, 4) is 0 Å². The number of H-pyrrole nitrogens is 1. The van der Waals surface area contributed by atoms with Crippen LogP contribution in [0.15, 0.2) is 24.4 Å². The number of nitro groups is 1. The molecule has 2 aromatic rings. The molecule has 2 atom stereocenters. The van der Waals surface area contributed by atoms with Gasteiger partial charge in [0.05, 0.1) is 16.5 Å². The number of hydrogen-bond acceptors (Lipinski definition) is 5. The Morgan fingerprint density at radius 3 is 2.62 bits per heavy atom. The van der Waals surface area contributed by atoms with Crippen molar-refractivity contribution in [3.63, 3.8) is 0 Å². The van der Waals surface area contributed by atoms with Gasteiger partial charge in [0.2, 0.25) is 5.69 Å². The maximum atomic E-state index is 13.8. The fraction of sp³-hybridized carbons (Fsp3) is 0.286. The first-order valence-electron chi connectivity index (χ1n) is 6.97. The summed E-state index contributed by atoms with van der Waals surface area (Å²) in [6.45, 7) is 1.58. The molecule has 0 aliphatic heterocycles. The molecule has 24 heavy (non-hydrogen) atoms. The van der Waals surface area contributed by atoms with E-state index in [1.165, 1.54) is 0 Å². The third-order valence-electron chi connectivity index (χ3n) is 3.48. The first-order chi connectivity index (χ1) is 11.4. The summed E-state index contributed by atoms with van der Waals surface area (Å²) in [5, 5.41) is 28.9. The van der Waals surface area contributed by atoms with E-state index in [2.05, 4.69) is 15.5 Å². The molecule has 2 rings (SSSR count). The summed E-state index contributed by atoms with van der Waals surface area (Å²) in [5.74, 6) is -2.83. The van der Waals surface area contributed by atoms with Crippen molar-refractivity contribution < 1.29 is 23.6 Å². The molecule has 0 fully saturated rings. The maximum Gasteiger partial charge on any atom is 0.319 e. The van der Waals surface area contributed by atoms with Crippen LogP contribution in [0.5, 0.6) is 0 Å². The monoisotopic (exact) mass is 340 g/mol. The van der Waals surface area contributed by atoms with Gasteiger partial charge in [0.1, 0.15) is 23.9 Å². The number of hydrogen-bond donors (Lipinski definition) is 3. The highest BCUT2D eigenvalue weighted by Gasteiger charge is 2.30. The van der Waals surface area contributed by atoms with Gasteiger partial charge in [-0.3, -0.25) is 20.0 Å². The molecule has 0 saturated heterocycles. The van der Waals surface area contributed by atoms with Crippen LogP contribution in [0.2, 0.25) is 0 Å². The number of halogens is 2. The lowest BCUT2D eigenvalue weighted by atomic mass is 9.99. The lowest BCUT2D eigenvalue weighted by Gasteiger charge is -2.23. The number of aromatic nitrogens is 2. The molecule has 3 N–H and O–H groups in total. The third-order valence-corrected chi connectivity index (χ3v) is 3.48. The van der Waals surface area contributed by atoms with Crippen LogP contribution < -0.4 is 5.32 Å². The van der Waals surface area contributed by atoms with Crippen molar-refractivity contribution in [1.82, 2.24) is 15.5 Å². The van der Waals surface area contributed by atoms with Gasteiger partial charge in [0.25, 0.3) is 5.91 Å². The van der Waals surface area contributed by atoms with Crippen LogP contribution in [0.25, 0.3) is 0 Å². The highest BCUT2D eigenvalue weighted by molar-refractivity contribution is 5.96. The number of aliphatic hydroxyl groups is 1. The summed E-state index contributed by atoms with van der Waals surface area (Å²) in [4.78, 5) is 22.1. The van der Waals surface area contributed by atoms with Crippen LogP contribution in [0.1, 0.15) is 35.5 Å². The van der Waals surface area contributed by atoms with Crippen molar-refractivity contribution in [2.75, 3.05) is 0 Å². The number of carbonyl (C=O) groups excluding carboxylic acids is 1. The van der Waals surface area contributed by atoms with Crippen molar-refractivity contribution in [1.29, 1.82) is 0 Å². The molecule has 1 aromatic carbocycles. The van der Waals surface area contributed by atoms with E-state index in [9.17, 15) is 28.8 Å². The SMILES string of the molecule is CCC(NC(=O)c1[nH]ncc1[N+](=O)[O-])C(O)c1c(F)cccc1F. The number of rotatable bonds is 6. The average molecular weight is 340 g/mol. The second-order valence-corrected chi connectivity index (χ2v) is 4.96. The number of nitrogens with one attached hydrogen (secondary N) is 2. The van der Waals surface area contributed by atoms with Crippen molar-refractivity contribution >= 4 is 11.6 Å². The molecule has 0 saturated carbocycles. The summed E-state index contributed by atoms with van der Waals surface area (Å²) in [5.41, 5.74) is -1.54. The zero-order chi connectivity index (χ0) is 17.9. The molecule has 0 aliphatic carbocycles. The van der Waals surface area contributed by atoms with E-state index in [1.807, 2.05) is 0 Å². The first kappa shape index (κ1) is 17.5. The molecule has 10 heteroatoms. The minimum absolute atomic E-state index is 0.128. The van der Waals surface area contributed by atoms with Gasteiger partial charge in [-0.05, 0) is 18.6 Å². The Morgan fingerprint density at radius 2 is 2.08 bits per heavy atom. The maximum absolute atomic E-state index is 13.8. The smallest absolute Gasteiger partial charge is 0.319 e. The van der Waals surface area contributed by atoms with Crippen LogP contribution >= 0.6 is 0 Å². The van der Waals surface area contributed by atoms with Gasteiger partial charge >= 0.3 is 5.69 Å². The van der Waals surface area contributed by atoms with Crippen LogP contribution in [0, 0.1) is 21.7 Å². The predicted molar refractivity (Wildman–Crippen MR) is 78.1 cm³/mol. The van der Waals surface area contributed by atoms with Gasteiger partial charge in [-0.2, -0.15) is 5.10 Å². The highest BCUT2D eigenvalue weighted by atomic mass is 19.1. The standard InChI is InChI=1S/C14H14F2N4O4/c1-2-9(13(21)11-7(15)4-3-5-8(11)16)18-14(22)12-10(20(23)24)6-17-19-12/h3-6,9,13,21H,2H2,1H3,(H,17,19)(H,18,22). The predicted octanol–water partition coefficient (Wildman–Crippen LogP) is 1.84. The van der Waals surface area contributed by atoms with E-state index in [0.29, 0.717) is 0 Å². The van der Waals surface area contributed by atoms with Gasteiger partial charge in [0.15, 0.2) is 0 Å². The molecule has 2 unspecified atom stereocenters. The lowest BCUT2D eigenvalue weighted by Crippen LogP contribution is -2.39. The minimum atomic E-state index is -1.66. The molecular weight excluding hydrogens is 326 g/mol. The highest BCUT2D eigenvalue weighted by Crippen LogP contribution is 2.25. The van der Waals surface area contributed by atoms with E-state index in [4.69, 9.17) is 0 Å². The van der Waals surface area contributed by atoms with Gasteiger partial charge in [0, 0.05) is 0 Å². The second kappa shape index (κ2) is 7.13. The van der Waals surface area contributed by atoms with Crippen molar-refractivity contribution in [3.05, 3.63) is 57.4 Å². The van der Waals surface area contributed by atoms with Crippen LogP contribution in [-0.4, -0.2) is 32.2 Å². The Morgan fingerprint density at radius 1 is 1.46 bits per heavy atom. The number of nitrogens with zero attached hydrogens (tertiary/aromatic N) is 2. The molecule has 8 nitrogen and oxygen atoms in total. The quantitative estimate of drug-likeness (QED) is 0.547. The molecule has 1 heterocycles. The van der Waals surface area contributed by atoms with Crippen LogP contribution in [-0.2, 0) is 0 Å². The fourth-order valence-electron chi connectivity index (χ4n) is 2.22. The molecule has 0 radical (unpaired) electrons. The normalized spacial score (nSPS) is 13.3. The van der Waals surface area contributed by atoms with Gasteiger partial charge < -0.3 is 10.4 Å². The molecule has 0 aliphatic rings. The molecule has 1 aromatic heterocycles. The molecule has 1 amide bonds. The van der Waals surface area contributed by atoms with Gasteiger partial charge in [-0.1, -0.05) is 13.0 Å². The summed E-state index contributed by atoms with van der Waals surface area (Å²) in [6.07, 6.45) is -0.673. The largest absolute Gasteiger partial charge is 0.386 e. The Bertz CT molecular complexity index is 745. The summed E-state index contributed by atoms with van der Waals surface area (Å²) >= 11 is 0. The average Bonchev–Trinajstić information content (AvgIpc) is 3.02. The fourth-order valence-corrected chi connectivity index (χ4v) is 2.22. The number of aromatic amines is 1. The molecule has 128 valence electrons. The van der Waals surface area contributed by atoms with E-state index < -0.39 is 51.6 Å². The van der Waals surface area contributed by atoms with E-state index in [0.717, 1.165) is 24.4 Å². The minimum Gasteiger partial charge on any atom is -0.386 e. The second-order valence-electron chi connectivity index (χ2n) is 4.96. The number of carbonyl (C=O) groups is 1. The van der Waals surface area contributed by atoms with E-state index in [1.54, 1.807) is 6.92 Å². The van der Waals surface area contributed by atoms with E-state index >= 15 is 0 Å². The molecular formula is C14H14F2N4O4. The molecule has 0 bridgehead atoms. The Labute approximate surface area is 134 Å². The van der Waals surface area contributed by atoms with E-state index in [-0.39, 0.29) is 6.42 Å². The van der Waals surface area contributed by atoms with Crippen molar-refractivity contribution in [2.24, 2.45) is 0 Å². The topological polar surface area (TPSA) is 121 Å². The number of amides is 1. The molecule has 0 spiro atoms. The number of aliphatic hydroxyl groups excluding tert-OH is 1. The zero-order valence-corrected chi connectivity index (χ0v) is 12.5. The Hall–Kier alpha value is -2.88. The lowest BCUT2D eigenvalue weighted by molar-refractivity contribution is -0.385. The summed E-state index contributed by atoms with van der Waals surface area (Å²) in [6, 6.07) is 2.05. The Balaban J connectivity index is 2.24. The van der Waals surface area contributed by atoms with Crippen LogP contribution in [0.4, 0.5) is 14.5 Å². The van der Waals surface area contributed by atoms with Crippen LogP contribution in [0.3, 0.4) is 0 Å².